The van der Waals surface area contributed by atoms with Crippen LogP contribution in [0.2, 0.25) is 18.1 Å². The monoisotopic (exact) mass is 528 g/mol. The zero-order valence-corrected chi connectivity index (χ0v) is 24.6. The molecule has 0 bridgehead atoms. The van der Waals surface area contributed by atoms with E-state index in [1.165, 1.54) is 51.1 Å². The summed E-state index contributed by atoms with van der Waals surface area (Å²) in [5.74, 6) is 0. The zero-order valence-electron chi connectivity index (χ0n) is 23.6. The Morgan fingerprint density at radius 1 is 0.513 bits per heavy atom. The van der Waals surface area contributed by atoms with E-state index in [-0.39, 0.29) is 0 Å². The van der Waals surface area contributed by atoms with Crippen LogP contribution in [-0.2, 0) is 13.1 Å². The van der Waals surface area contributed by atoms with Crippen molar-refractivity contribution < 1.29 is 0 Å². The first-order chi connectivity index (χ1) is 19.2. The molecule has 0 N–H and O–H groups in total. The van der Waals surface area contributed by atoms with Gasteiger partial charge in [-0.2, -0.15) is 0 Å². The van der Waals surface area contributed by atoms with Crippen LogP contribution in [0.15, 0.2) is 128 Å². The number of hydrogen-bond donors (Lipinski definition) is 0. The van der Waals surface area contributed by atoms with Crippen LogP contribution >= 0.6 is 0 Å². The molecule has 2 nitrogen and oxygen atoms in total. The van der Waals surface area contributed by atoms with Crippen molar-refractivity contribution >= 4 is 35.2 Å². The Balaban J connectivity index is 0.000000168. The lowest BCUT2D eigenvalue weighted by Gasteiger charge is -2.30. The minimum absolute atomic E-state index is 0.939. The normalized spacial score (nSPS) is 11.5. The third-order valence-electron chi connectivity index (χ3n) is 8.44. The molecule has 2 aromatic heterocycles. The van der Waals surface area contributed by atoms with Gasteiger partial charge in [-0.25, -0.2) is 0 Å². The number of aromatic nitrogens is 2. The van der Waals surface area contributed by atoms with E-state index >= 15 is 0 Å². The van der Waals surface area contributed by atoms with E-state index in [9.17, 15) is 0 Å². The van der Waals surface area contributed by atoms with E-state index in [0.29, 0.717) is 0 Å². The van der Waals surface area contributed by atoms with Crippen LogP contribution in [0.3, 0.4) is 0 Å². The molecule has 3 heteroatoms. The lowest BCUT2D eigenvalue weighted by Crippen LogP contribution is -2.49. The Labute approximate surface area is 234 Å². The molecule has 0 saturated heterocycles. The highest BCUT2D eigenvalue weighted by Gasteiger charge is 2.33. The number of para-hydroxylation sites is 2. The summed E-state index contributed by atoms with van der Waals surface area (Å²) < 4.78 is 4.89. The van der Waals surface area contributed by atoms with Crippen molar-refractivity contribution in [2.45, 2.75) is 52.0 Å². The van der Waals surface area contributed by atoms with Crippen molar-refractivity contribution in [1.29, 1.82) is 0 Å². The molecule has 0 saturated carbocycles. The summed E-state index contributed by atoms with van der Waals surface area (Å²) in [6.07, 6.45) is 2.15. The van der Waals surface area contributed by atoms with Gasteiger partial charge in [0, 0.05) is 35.6 Å². The lowest BCUT2D eigenvalue weighted by molar-refractivity contribution is 0.837. The second-order valence-corrected chi connectivity index (χ2v) is 15.7. The molecule has 198 valence electrons. The molecule has 6 aromatic rings. The van der Waals surface area contributed by atoms with E-state index in [4.69, 9.17) is 0 Å². The predicted octanol–water partition coefficient (Wildman–Crippen LogP) is 9.09. The molecule has 6 rings (SSSR count). The molecule has 2 heterocycles. The third kappa shape index (κ3) is 5.79. The number of rotatable bonds is 8. The van der Waals surface area contributed by atoms with Crippen LogP contribution in [0.4, 0.5) is 0 Å². The fourth-order valence-electron chi connectivity index (χ4n) is 5.94. The van der Waals surface area contributed by atoms with Crippen molar-refractivity contribution in [1.82, 2.24) is 9.13 Å². The molecule has 0 spiro atoms. The molecule has 0 aliphatic carbocycles. The zero-order chi connectivity index (χ0) is 27.1. The Bertz CT molecular complexity index is 1600. The van der Waals surface area contributed by atoms with Crippen LogP contribution in [-0.4, -0.2) is 17.2 Å². The van der Waals surface area contributed by atoms with Gasteiger partial charge in [-0.3, -0.25) is 0 Å². The highest BCUT2D eigenvalue weighted by Crippen LogP contribution is 2.25. The topological polar surface area (TPSA) is 9.86 Å². The third-order valence-corrected chi connectivity index (χ3v) is 14.0. The summed E-state index contributed by atoms with van der Waals surface area (Å²) >= 11 is 0. The number of fused-ring (bicyclic) bond motifs is 2. The van der Waals surface area contributed by atoms with Gasteiger partial charge < -0.3 is 9.13 Å². The summed E-state index contributed by atoms with van der Waals surface area (Å²) in [4.78, 5) is 0. The van der Waals surface area contributed by atoms with Gasteiger partial charge in [0.15, 0.2) is 0 Å². The standard InChI is InChI=1S/C21H27NSi.C15H13N/c1-4-23(5-2,6-3)21-16-19-14-10-11-15-20(19)22(21)17-18-12-8-7-9-13-18;1-2-6-13(7-3-1)12-16-11-10-14-8-4-5-9-15(14)16/h7-16H,4-6,17H2,1-3H3;1-11H,12H2. The summed E-state index contributed by atoms with van der Waals surface area (Å²) in [6.45, 7) is 9.10. The van der Waals surface area contributed by atoms with Crippen LogP contribution in [0.1, 0.15) is 31.9 Å². The smallest absolute Gasteiger partial charge is 0.107 e. The molecule has 0 unspecified atom stereocenters. The van der Waals surface area contributed by atoms with Crippen LogP contribution in [0, 0.1) is 0 Å². The molecule has 0 radical (unpaired) electrons. The van der Waals surface area contributed by atoms with E-state index in [0.717, 1.165) is 13.1 Å². The fraction of sp³-hybridized carbons (Fsp3) is 0.222. The molecule has 0 aliphatic rings. The Morgan fingerprint density at radius 2 is 1.03 bits per heavy atom. The number of nitrogens with zero attached hydrogens (tertiary/aromatic N) is 2. The van der Waals surface area contributed by atoms with Crippen molar-refractivity contribution in [2.24, 2.45) is 0 Å². The lowest BCUT2D eigenvalue weighted by atomic mass is 10.2. The van der Waals surface area contributed by atoms with Gasteiger partial charge in [0.25, 0.3) is 0 Å². The first-order valence-electron chi connectivity index (χ1n) is 14.4. The first-order valence-corrected chi connectivity index (χ1v) is 17.0. The van der Waals surface area contributed by atoms with Crippen molar-refractivity contribution in [3.05, 3.63) is 139 Å². The average Bonchev–Trinajstić information content (AvgIpc) is 3.58. The second kappa shape index (κ2) is 12.4. The van der Waals surface area contributed by atoms with Crippen LogP contribution < -0.4 is 5.32 Å². The first kappa shape index (κ1) is 26.8. The molecule has 4 aromatic carbocycles. The Kier molecular flexibility index (Phi) is 8.48. The van der Waals surface area contributed by atoms with Gasteiger partial charge in [-0.05, 0) is 46.2 Å². The summed E-state index contributed by atoms with van der Waals surface area (Å²) in [7, 11) is -1.41. The van der Waals surface area contributed by atoms with Gasteiger partial charge in [-0.15, -0.1) is 0 Å². The molecule has 0 amide bonds. The summed E-state index contributed by atoms with van der Waals surface area (Å²) in [5, 5.41) is 4.33. The maximum absolute atomic E-state index is 2.60. The fourth-order valence-corrected chi connectivity index (χ4v) is 9.76. The van der Waals surface area contributed by atoms with Gasteiger partial charge in [0.1, 0.15) is 8.07 Å². The van der Waals surface area contributed by atoms with Gasteiger partial charge in [-0.1, -0.05) is 136 Å². The maximum Gasteiger partial charge on any atom is 0.107 e. The summed E-state index contributed by atoms with van der Waals surface area (Å²) in [5.41, 5.74) is 5.41. The molecule has 0 aliphatic heterocycles. The average molecular weight is 529 g/mol. The second-order valence-electron chi connectivity index (χ2n) is 10.5. The van der Waals surface area contributed by atoms with Crippen molar-refractivity contribution in [3.8, 4) is 0 Å². The van der Waals surface area contributed by atoms with E-state index < -0.39 is 8.07 Å². The SMILES string of the molecule is CC[Si](CC)(CC)c1cc2ccccc2n1Cc1ccccc1.c1ccc(Cn2ccc3ccccc32)cc1. The van der Waals surface area contributed by atoms with Gasteiger partial charge >= 0.3 is 0 Å². The van der Waals surface area contributed by atoms with Crippen LogP contribution in [0.5, 0.6) is 0 Å². The van der Waals surface area contributed by atoms with E-state index in [1.54, 1.807) is 5.32 Å². The molecular formula is C36H40N2Si. The molecular weight excluding hydrogens is 488 g/mol. The van der Waals surface area contributed by atoms with E-state index in [1.807, 2.05) is 0 Å². The molecule has 0 atom stereocenters. The molecule has 39 heavy (non-hydrogen) atoms. The Morgan fingerprint density at radius 3 is 1.64 bits per heavy atom. The maximum atomic E-state index is 2.60. The predicted molar refractivity (Wildman–Crippen MR) is 172 cm³/mol. The minimum atomic E-state index is -1.41. The van der Waals surface area contributed by atoms with Gasteiger partial charge in [0.2, 0.25) is 0 Å². The largest absolute Gasteiger partial charge is 0.344 e. The summed E-state index contributed by atoms with van der Waals surface area (Å²) in [6, 6.07) is 47.4. The van der Waals surface area contributed by atoms with Crippen LogP contribution in [0.25, 0.3) is 21.8 Å². The van der Waals surface area contributed by atoms with Crippen molar-refractivity contribution in [2.75, 3.05) is 0 Å². The highest BCUT2D eigenvalue weighted by atomic mass is 28.3. The Hall–Kier alpha value is -3.82. The van der Waals surface area contributed by atoms with E-state index in [2.05, 4.69) is 157 Å². The number of hydrogen-bond acceptors (Lipinski definition) is 0. The number of benzene rings is 4. The highest BCUT2D eigenvalue weighted by molar-refractivity contribution is 6.91. The van der Waals surface area contributed by atoms with Crippen molar-refractivity contribution in [3.63, 3.8) is 0 Å². The minimum Gasteiger partial charge on any atom is -0.344 e. The quantitative estimate of drug-likeness (QED) is 0.174. The molecule has 0 fully saturated rings. The van der Waals surface area contributed by atoms with Gasteiger partial charge in [0.05, 0.1) is 0 Å².